The fraction of sp³-hybridized carbons (Fsp3) is 0.286. The van der Waals surface area contributed by atoms with Crippen LogP contribution in [-0.2, 0) is 17.8 Å². The number of amides is 1. The first kappa shape index (κ1) is 21.0. The third kappa shape index (κ3) is 4.14. The Balaban J connectivity index is 1.92. The number of nitrogens with zero attached hydrogens (tertiary/aromatic N) is 4. The molecule has 2 aromatic carbocycles. The number of non-ortho nitro benzene ring substituents is 1. The number of benzene rings is 2. The summed E-state index contributed by atoms with van der Waals surface area (Å²) >= 11 is 0. The molecule has 1 heterocycles. The Hall–Kier alpha value is -3.75. The molecule has 9 heteroatoms. The SMILES string of the molecule is CCOC(=O)c1cc(C(=O)N(C)Cc2nc3ccccc3n2CC)cc([N+](=O)[O-])c1. The minimum absolute atomic E-state index is 0.0360. The molecule has 0 saturated heterocycles. The van der Waals surface area contributed by atoms with Crippen LogP contribution in [0.2, 0.25) is 0 Å². The fourth-order valence-electron chi connectivity index (χ4n) is 3.28. The van der Waals surface area contributed by atoms with Gasteiger partial charge in [-0.25, -0.2) is 9.78 Å². The van der Waals surface area contributed by atoms with Crippen molar-refractivity contribution in [2.24, 2.45) is 0 Å². The third-order valence-electron chi connectivity index (χ3n) is 4.66. The standard InChI is InChI=1S/C21H22N4O5/c1-4-24-18-9-7-6-8-17(18)22-19(24)13-23(3)20(26)14-10-15(21(27)30-5-2)12-16(11-14)25(28)29/h6-12H,4-5,13H2,1-3H3. The predicted molar refractivity (Wildman–Crippen MR) is 110 cm³/mol. The fourth-order valence-corrected chi connectivity index (χ4v) is 3.28. The number of carbonyl (C=O) groups excluding carboxylic acids is 2. The van der Waals surface area contributed by atoms with E-state index in [0.29, 0.717) is 12.4 Å². The molecule has 0 bridgehead atoms. The molecule has 1 aromatic heterocycles. The van der Waals surface area contributed by atoms with Gasteiger partial charge in [0.1, 0.15) is 5.82 Å². The van der Waals surface area contributed by atoms with Crippen LogP contribution in [0.3, 0.4) is 0 Å². The highest BCUT2D eigenvalue weighted by molar-refractivity contribution is 5.98. The highest BCUT2D eigenvalue weighted by Crippen LogP contribution is 2.21. The van der Waals surface area contributed by atoms with Gasteiger partial charge in [-0.15, -0.1) is 0 Å². The van der Waals surface area contributed by atoms with Crippen LogP contribution in [0, 0.1) is 10.1 Å². The van der Waals surface area contributed by atoms with Gasteiger partial charge in [0.2, 0.25) is 0 Å². The zero-order chi connectivity index (χ0) is 21.8. The Morgan fingerprint density at radius 1 is 1.17 bits per heavy atom. The Morgan fingerprint density at radius 3 is 2.53 bits per heavy atom. The number of esters is 1. The maximum Gasteiger partial charge on any atom is 0.338 e. The molecule has 0 radical (unpaired) electrons. The Labute approximate surface area is 173 Å². The van der Waals surface area contributed by atoms with Gasteiger partial charge in [-0.3, -0.25) is 14.9 Å². The monoisotopic (exact) mass is 410 g/mol. The molecule has 1 amide bonds. The topological polar surface area (TPSA) is 108 Å². The van der Waals surface area contributed by atoms with Crippen molar-refractivity contribution < 1.29 is 19.2 Å². The van der Waals surface area contributed by atoms with Gasteiger partial charge in [0, 0.05) is 31.3 Å². The number of hydrogen-bond acceptors (Lipinski definition) is 6. The van der Waals surface area contributed by atoms with Crippen LogP contribution in [-0.4, -0.2) is 44.9 Å². The predicted octanol–water partition coefficient (Wildman–Crippen LogP) is 3.41. The largest absolute Gasteiger partial charge is 0.462 e. The second-order valence-electron chi connectivity index (χ2n) is 6.67. The van der Waals surface area contributed by atoms with E-state index in [1.54, 1.807) is 14.0 Å². The normalized spacial score (nSPS) is 10.8. The molecule has 0 spiro atoms. The van der Waals surface area contributed by atoms with Crippen molar-refractivity contribution in [3.63, 3.8) is 0 Å². The van der Waals surface area contributed by atoms with E-state index in [1.807, 2.05) is 35.8 Å². The zero-order valence-electron chi connectivity index (χ0n) is 17.0. The van der Waals surface area contributed by atoms with Crippen molar-refractivity contribution in [3.05, 3.63) is 69.5 Å². The smallest absolute Gasteiger partial charge is 0.338 e. The molecule has 0 fully saturated rings. The average Bonchev–Trinajstić information content (AvgIpc) is 3.09. The Bertz CT molecular complexity index is 1120. The maximum atomic E-state index is 13.0. The van der Waals surface area contributed by atoms with Crippen molar-refractivity contribution in [1.29, 1.82) is 0 Å². The lowest BCUT2D eigenvalue weighted by atomic mass is 10.1. The van der Waals surface area contributed by atoms with E-state index in [9.17, 15) is 19.7 Å². The number of ether oxygens (including phenoxy) is 1. The van der Waals surface area contributed by atoms with Gasteiger partial charge in [0.05, 0.1) is 34.7 Å². The molecule has 156 valence electrons. The van der Waals surface area contributed by atoms with Crippen LogP contribution in [0.1, 0.15) is 40.4 Å². The van der Waals surface area contributed by atoms with E-state index >= 15 is 0 Å². The number of nitro benzene ring substituents is 1. The van der Waals surface area contributed by atoms with Gasteiger partial charge in [-0.2, -0.15) is 0 Å². The highest BCUT2D eigenvalue weighted by atomic mass is 16.6. The van der Waals surface area contributed by atoms with Crippen molar-refractivity contribution in [2.45, 2.75) is 26.9 Å². The highest BCUT2D eigenvalue weighted by Gasteiger charge is 2.22. The molecule has 0 atom stereocenters. The summed E-state index contributed by atoms with van der Waals surface area (Å²) in [6.45, 7) is 4.64. The van der Waals surface area contributed by atoms with E-state index < -0.39 is 16.8 Å². The van der Waals surface area contributed by atoms with E-state index in [1.165, 1.54) is 11.0 Å². The van der Waals surface area contributed by atoms with Crippen LogP contribution in [0.5, 0.6) is 0 Å². The number of imidazole rings is 1. The molecule has 3 rings (SSSR count). The van der Waals surface area contributed by atoms with Crippen molar-refractivity contribution in [3.8, 4) is 0 Å². The van der Waals surface area contributed by atoms with E-state index in [2.05, 4.69) is 4.98 Å². The summed E-state index contributed by atoms with van der Waals surface area (Å²) in [7, 11) is 1.59. The lowest BCUT2D eigenvalue weighted by molar-refractivity contribution is -0.384. The van der Waals surface area contributed by atoms with Gasteiger partial charge in [0.15, 0.2) is 0 Å². The number of para-hydroxylation sites is 2. The second-order valence-corrected chi connectivity index (χ2v) is 6.67. The number of carbonyl (C=O) groups is 2. The Morgan fingerprint density at radius 2 is 1.87 bits per heavy atom. The van der Waals surface area contributed by atoms with E-state index in [0.717, 1.165) is 23.2 Å². The van der Waals surface area contributed by atoms with Gasteiger partial charge in [-0.05, 0) is 32.0 Å². The number of nitro groups is 1. The first-order valence-corrected chi connectivity index (χ1v) is 9.51. The summed E-state index contributed by atoms with van der Waals surface area (Å²) in [5.74, 6) is -0.477. The first-order valence-electron chi connectivity index (χ1n) is 9.51. The summed E-state index contributed by atoms with van der Waals surface area (Å²) in [6.07, 6.45) is 0. The summed E-state index contributed by atoms with van der Waals surface area (Å²) in [5, 5.41) is 11.3. The second kappa shape index (κ2) is 8.73. The van der Waals surface area contributed by atoms with Crippen LogP contribution in [0.4, 0.5) is 5.69 Å². The van der Waals surface area contributed by atoms with Crippen LogP contribution < -0.4 is 0 Å². The minimum Gasteiger partial charge on any atom is -0.462 e. The first-order chi connectivity index (χ1) is 14.3. The third-order valence-corrected chi connectivity index (χ3v) is 4.66. The number of aromatic nitrogens is 2. The molecular formula is C21H22N4O5. The molecule has 0 N–H and O–H groups in total. The zero-order valence-corrected chi connectivity index (χ0v) is 17.0. The average molecular weight is 410 g/mol. The Kier molecular flexibility index (Phi) is 6.10. The summed E-state index contributed by atoms with van der Waals surface area (Å²) in [5.41, 5.74) is 1.45. The van der Waals surface area contributed by atoms with Crippen LogP contribution in [0.15, 0.2) is 42.5 Å². The molecule has 0 aliphatic heterocycles. The molecule has 3 aromatic rings. The number of aryl methyl sites for hydroxylation is 1. The lowest BCUT2D eigenvalue weighted by Gasteiger charge is -2.18. The van der Waals surface area contributed by atoms with Crippen molar-refractivity contribution in [2.75, 3.05) is 13.7 Å². The van der Waals surface area contributed by atoms with E-state index in [-0.39, 0.29) is 30.0 Å². The van der Waals surface area contributed by atoms with Crippen molar-refractivity contribution in [1.82, 2.24) is 14.5 Å². The quantitative estimate of drug-likeness (QED) is 0.336. The van der Waals surface area contributed by atoms with Gasteiger partial charge < -0.3 is 14.2 Å². The lowest BCUT2D eigenvalue weighted by Crippen LogP contribution is -2.28. The molecule has 0 saturated carbocycles. The number of rotatable bonds is 7. The number of hydrogen-bond donors (Lipinski definition) is 0. The summed E-state index contributed by atoms with van der Waals surface area (Å²) in [4.78, 5) is 41.7. The molecule has 0 unspecified atom stereocenters. The van der Waals surface area contributed by atoms with Crippen molar-refractivity contribution >= 4 is 28.6 Å². The molecular weight excluding hydrogens is 388 g/mol. The van der Waals surface area contributed by atoms with Gasteiger partial charge in [0.25, 0.3) is 11.6 Å². The maximum absolute atomic E-state index is 13.0. The van der Waals surface area contributed by atoms with E-state index in [4.69, 9.17) is 4.74 Å². The van der Waals surface area contributed by atoms with Gasteiger partial charge >= 0.3 is 5.97 Å². The molecule has 0 aliphatic carbocycles. The summed E-state index contributed by atoms with van der Waals surface area (Å²) in [6, 6.07) is 11.3. The minimum atomic E-state index is -0.717. The molecule has 30 heavy (non-hydrogen) atoms. The molecule has 0 aliphatic rings. The number of fused-ring (bicyclic) bond motifs is 1. The van der Waals surface area contributed by atoms with Crippen LogP contribution in [0.25, 0.3) is 11.0 Å². The summed E-state index contributed by atoms with van der Waals surface area (Å²) < 4.78 is 6.93. The van der Waals surface area contributed by atoms with Crippen LogP contribution >= 0.6 is 0 Å². The van der Waals surface area contributed by atoms with Gasteiger partial charge in [-0.1, -0.05) is 12.1 Å². The molecule has 9 nitrogen and oxygen atoms in total.